The number of nitrogens with two attached hydrogens (primary N) is 2. The highest BCUT2D eigenvalue weighted by Crippen LogP contribution is 2.25. The number of carbonyl (C=O) groups is 1. The smallest absolute Gasteiger partial charge is 0.309 e. The van der Waals surface area contributed by atoms with Gasteiger partial charge in [-0.25, -0.2) is 14.6 Å². The van der Waals surface area contributed by atoms with E-state index in [-0.39, 0.29) is 6.04 Å². The number of rotatable bonds is 3. The second kappa shape index (κ2) is 8.88. The van der Waals surface area contributed by atoms with Gasteiger partial charge in [0.15, 0.2) is 0 Å². The molecule has 0 spiro atoms. The van der Waals surface area contributed by atoms with Crippen molar-refractivity contribution in [2.24, 2.45) is 22.4 Å². The van der Waals surface area contributed by atoms with Crippen LogP contribution in [-0.4, -0.2) is 31.9 Å². The Kier molecular flexibility index (Phi) is 8.11. The van der Waals surface area contributed by atoms with Crippen LogP contribution in [0, 0.1) is 5.92 Å². The second-order valence-electron chi connectivity index (χ2n) is 3.75. The first-order valence-corrected chi connectivity index (χ1v) is 5.21. The van der Waals surface area contributed by atoms with Crippen LogP contribution >= 0.6 is 0 Å². The molecule has 1 fully saturated rings. The third-order valence-corrected chi connectivity index (χ3v) is 2.45. The van der Waals surface area contributed by atoms with Crippen molar-refractivity contribution in [1.82, 2.24) is 0 Å². The fourth-order valence-corrected chi connectivity index (χ4v) is 1.75. The predicted octanol–water partition coefficient (Wildman–Crippen LogP) is 0.551. The molecule has 0 atom stereocenters. The lowest BCUT2D eigenvalue weighted by Crippen LogP contribution is -2.20. The minimum absolute atomic E-state index is 0.232. The molecule has 0 heterocycles. The largest absolute Gasteiger partial charge is 0.384 e. The van der Waals surface area contributed by atoms with Crippen LogP contribution in [0.4, 0.5) is 4.79 Å². The van der Waals surface area contributed by atoms with Gasteiger partial charge in [0.2, 0.25) is 6.08 Å². The molecule has 16 heavy (non-hydrogen) atoms. The van der Waals surface area contributed by atoms with Crippen LogP contribution in [0.5, 0.6) is 0 Å². The topological polar surface area (TPSA) is 108 Å². The molecule has 0 saturated heterocycles. The first-order valence-electron chi connectivity index (χ1n) is 5.21. The van der Waals surface area contributed by atoms with Crippen molar-refractivity contribution in [3.8, 4) is 0 Å². The summed E-state index contributed by atoms with van der Waals surface area (Å²) < 4.78 is 5.07. The molecular formula is C10H19N3O3. The molecular weight excluding hydrogens is 210 g/mol. The number of primary amides is 2. The number of hydrogen-bond donors (Lipinski definition) is 2. The Bertz CT molecular complexity index is 240. The summed E-state index contributed by atoms with van der Waals surface area (Å²) in [6.07, 6.45) is 5.92. The summed E-state index contributed by atoms with van der Waals surface area (Å²) in [5.41, 5.74) is 8.50. The molecule has 2 amide bonds. The van der Waals surface area contributed by atoms with Crippen LogP contribution in [0.15, 0.2) is 4.99 Å². The van der Waals surface area contributed by atoms with Gasteiger partial charge in [0.25, 0.3) is 0 Å². The third-order valence-electron chi connectivity index (χ3n) is 2.45. The van der Waals surface area contributed by atoms with Crippen molar-refractivity contribution in [2.75, 3.05) is 13.7 Å². The molecule has 1 aliphatic rings. The predicted molar refractivity (Wildman–Crippen MR) is 59.5 cm³/mol. The zero-order valence-corrected chi connectivity index (χ0v) is 9.52. The van der Waals surface area contributed by atoms with E-state index in [4.69, 9.17) is 9.53 Å². The van der Waals surface area contributed by atoms with Crippen LogP contribution < -0.4 is 11.5 Å². The van der Waals surface area contributed by atoms with Crippen LogP contribution in [0.3, 0.4) is 0 Å². The van der Waals surface area contributed by atoms with Crippen molar-refractivity contribution in [1.29, 1.82) is 0 Å². The van der Waals surface area contributed by atoms with E-state index in [0.717, 1.165) is 32.3 Å². The highest BCUT2D eigenvalue weighted by Gasteiger charge is 2.20. The van der Waals surface area contributed by atoms with Gasteiger partial charge in [-0.05, 0) is 31.6 Å². The summed E-state index contributed by atoms with van der Waals surface area (Å²) in [5, 5.41) is 0. The fraction of sp³-hybridized carbons (Fsp3) is 0.800. The molecule has 0 aromatic heterocycles. The lowest BCUT2D eigenvalue weighted by atomic mass is 9.87. The van der Waals surface area contributed by atoms with E-state index >= 15 is 0 Å². The summed E-state index contributed by atoms with van der Waals surface area (Å²) in [4.78, 5) is 22.7. The van der Waals surface area contributed by atoms with Gasteiger partial charge < -0.3 is 16.2 Å². The number of aliphatic imine (C=N–C) groups is 1. The quantitative estimate of drug-likeness (QED) is 0.545. The summed E-state index contributed by atoms with van der Waals surface area (Å²) in [6, 6.07) is -0.601. The SMILES string of the molecule is COCC1CCC(N=C=O)CC1.NC(N)=O. The molecule has 0 bridgehead atoms. The van der Waals surface area contributed by atoms with Crippen LogP contribution in [0.1, 0.15) is 25.7 Å². The van der Waals surface area contributed by atoms with Gasteiger partial charge >= 0.3 is 6.03 Å². The van der Waals surface area contributed by atoms with E-state index in [1.807, 2.05) is 0 Å². The second-order valence-corrected chi connectivity index (χ2v) is 3.75. The maximum Gasteiger partial charge on any atom is 0.309 e. The standard InChI is InChI=1S/C9H15NO2.CH4N2O/c1-12-6-8-2-4-9(5-3-8)10-7-11;2-1(3)4/h8-9H,2-6H2,1H3;(H4,2,3,4). The van der Waals surface area contributed by atoms with Crippen molar-refractivity contribution in [3.63, 3.8) is 0 Å². The minimum atomic E-state index is -0.833. The maximum absolute atomic E-state index is 9.96. The average Bonchev–Trinajstić information content (AvgIpc) is 2.21. The Hall–Kier alpha value is -1.39. The Balaban J connectivity index is 0.000000487. The Morgan fingerprint density at radius 1 is 1.38 bits per heavy atom. The van der Waals surface area contributed by atoms with Gasteiger partial charge in [0.05, 0.1) is 6.04 Å². The van der Waals surface area contributed by atoms with Gasteiger partial charge in [0, 0.05) is 13.7 Å². The Labute approximate surface area is 95.0 Å². The van der Waals surface area contributed by atoms with Crippen LogP contribution in [0.25, 0.3) is 0 Å². The fourth-order valence-electron chi connectivity index (χ4n) is 1.75. The Morgan fingerprint density at radius 3 is 2.25 bits per heavy atom. The third kappa shape index (κ3) is 7.96. The summed E-state index contributed by atoms with van der Waals surface area (Å²) in [7, 11) is 1.73. The molecule has 0 aromatic carbocycles. The number of isocyanates is 1. The van der Waals surface area contributed by atoms with Crippen LogP contribution in [0.2, 0.25) is 0 Å². The van der Waals surface area contributed by atoms with Gasteiger partial charge in [-0.3, -0.25) is 0 Å². The van der Waals surface area contributed by atoms with Gasteiger partial charge in [-0.15, -0.1) is 0 Å². The van der Waals surface area contributed by atoms with Crippen molar-refractivity contribution >= 4 is 12.1 Å². The summed E-state index contributed by atoms with van der Waals surface area (Å²) >= 11 is 0. The van der Waals surface area contributed by atoms with Gasteiger partial charge in [0.1, 0.15) is 0 Å². The minimum Gasteiger partial charge on any atom is -0.384 e. The van der Waals surface area contributed by atoms with E-state index in [9.17, 15) is 4.79 Å². The van der Waals surface area contributed by atoms with E-state index in [1.165, 1.54) is 0 Å². The van der Waals surface area contributed by atoms with Crippen molar-refractivity contribution in [3.05, 3.63) is 0 Å². The maximum atomic E-state index is 9.96. The van der Waals surface area contributed by atoms with Crippen LogP contribution in [-0.2, 0) is 9.53 Å². The molecule has 0 aromatic rings. The molecule has 4 N–H and O–H groups in total. The zero-order chi connectivity index (χ0) is 12.4. The number of hydrogen-bond acceptors (Lipinski definition) is 4. The number of urea groups is 1. The highest BCUT2D eigenvalue weighted by atomic mass is 16.5. The van der Waals surface area contributed by atoms with E-state index < -0.39 is 6.03 Å². The molecule has 0 unspecified atom stereocenters. The van der Waals surface area contributed by atoms with E-state index in [1.54, 1.807) is 13.2 Å². The van der Waals surface area contributed by atoms with E-state index in [2.05, 4.69) is 16.5 Å². The van der Waals surface area contributed by atoms with Crippen molar-refractivity contribution in [2.45, 2.75) is 31.7 Å². The van der Waals surface area contributed by atoms with E-state index in [0.29, 0.717) is 5.92 Å². The molecule has 1 rings (SSSR count). The number of carbonyl (C=O) groups excluding carboxylic acids is 2. The normalized spacial score (nSPS) is 23.6. The average molecular weight is 229 g/mol. The first kappa shape index (κ1) is 14.6. The molecule has 92 valence electrons. The Morgan fingerprint density at radius 2 is 1.88 bits per heavy atom. The molecule has 1 saturated carbocycles. The lowest BCUT2D eigenvalue weighted by molar-refractivity contribution is 0.128. The molecule has 1 aliphatic carbocycles. The number of nitrogens with zero attached hydrogens (tertiary/aromatic N) is 1. The first-order chi connectivity index (χ1) is 7.60. The van der Waals surface area contributed by atoms with Gasteiger partial charge in [-0.2, -0.15) is 0 Å². The van der Waals surface area contributed by atoms with Crippen molar-refractivity contribution < 1.29 is 14.3 Å². The number of amides is 2. The molecule has 6 nitrogen and oxygen atoms in total. The zero-order valence-electron chi connectivity index (χ0n) is 9.52. The summed E-state index contributed by atoms with van der Waals surface area (Å²) in [5.74, 6) is 0.674. The molecule has 0 radical (unpaired) electrons. The highest BCUT2D eigenvalue weighted by molar-refractivity contribution is 5.69. The monoisotopic (exact) mass is 229 g/mol. The number of methoxy groups -OCH3 is 1. The molecule has 6 heteroatoms. The lowest BCUT2D eigenvalue weighted by Gasteiger charge is -2.24. The van der Waals surface area contributed by atoms with Gasteiger partial charge in [-0.1, -0.05) is 0 Å². The number of ether oxygens (including phenoxy) is 1. The summed E-state index contributed by atoms with van der Waals surface area (Å²) in [6.45, 7) is 0.845. The molecule has 0 aliphatic heterocycles.